The number of carbonyl (C=O) groups excluding carboxylic acids is 1. The van der Waals surface area contributed by atoms with Gasteiger partial charge in [0.2, 0.25) is 0 Å². The predicted molar refractivity (Wildman–Crippen MR) is 100.0 cm³/mol. The highest BCUT2D eigenvalue weighted by molar-refractivity contribution is 6.02. The van der Waals surface area contributed by atoms with Crippen molar-refractivity contribution in [3.63, 3.8) is 0 Å². The average molecular weight is 402 g/mol. The summed E-state index contributed by atoms with van der Waals surface area (Å²) in [6, 6.07) is 8.50. The third-order valence-corrected chi connectivity index (χ3v) is 4.62. The van der Waals surface area contributed by atoms with Gasteiger partial charge in [-0.3, -0.25) is 4.79 Å². The van der Waals surface area contributed by atoms with Gasteiger partial charge in [0.1, 0.15) is 5.82 Å². The van der Waals surface area contributed by atoms with E-state index in [2.05, 4.69) is 25.5 Å². The van der Waals surface area contributed by atoms with Gasteiger partial charge in [-0.05, 0) is 37.1 Å². The second-order valence-electron chi connectivity index (χ2n) is 6.62. The smallest absolute Gasteiger partial charge is 0.357 e. The Hall–Kier alpha value is -3.43. The molecule has 7 nitrogen and oxygen atoms in total. The molecule has 1 amide bonds. The Labute approximate surface area is 164 Å². The van der Waals surface area contributed by atoms with Gasteiger partial charge in [-0.2, -0.15) is 13.2 Å². The van der Waals surface area contributed by atoms with Crippen molar-refractivity contribution < 1.29 is 18.0 Å². The molecular weight excluding hydrogens is 385 g/mol. The first kappa shape index (κ1) is 18.9. The van der Waals surface area contributed by atoms with E-state index in [-0.39, 0.29) is 11.4 Å². The van der Waals surface area contributed by atoms with E-state index in [9.17, 15) is 18.0 Å². The summed E-state index contributed by atoms with van der Waals surface area (Å²) in [5.41, 5.74) is -0.712. The molecule has 1 aliphatic heterocycles. The quantitative estimate of drug-likeness (QED) is 0.723. The predicted octanol–water partition coefficient (Wildman–Crippen LogP) is 3.53. The fourth-order valence-corrected chi connectivity index (χ4v) is 3.19. The summed E-state index contributed by atoms with van der Waals surface area (Å²) in [7, 11) is 0. The van der Waals surface area contributed by atoms with Crippen LogP contribution in [0.25, 0.3) is 5.69 Å². The van der Waals surface area contributed by atoms with Crippen molar-refractivity contribution in [2.45, 2.75) is 19.0 Å². The zero-order valence-corrected chi connectivity index (χ0v) is 15.2. The molecule has 0 bridgehead atoms. The maximum Gasteiger partial charge on any atom is 0.418 e. The van der Waals surface area contributed by atoms with Crippen LogP contribution in [-0.2, 0) is 6.18 Å². The Morgan fingerprint density at radius 3 is 2.52 bits per heavy atom. The Kier molecular flexibility index (Phi) is 4.91. The molecule has 0 atom stereocenters. The number of halogens is 3. The van der Waals surface area contributed by atoms with Crippen LogP contribution in [0.15, 0.2) is 48.8 Å². The Morgan fingerprint density at radius 1 is 1.07 bits per heavy atom. The molecule has 1 aliphatic rings. The number of benzene rings is 1. The van der Waals surface area contributed by atoms with Crippen LogP contribution in [0, 0.1) is 0 Å². The van der Waals surface area contributed by atoms with E-state index in [1.165, 1.54) is 24.4 Å². The number of rotatable bonds is 4. The third-order valence-electron chi connectivity index (χ3n) is 4.62. The van der Waals surface area contributed by atoms with Gasteiger partial charge in [-0.1, -0.05) is 17.3 Å². The number of para-hydroxylation sites is 1. The van der Waals surface area contributed by atoms with E-state index in [0.29, 0.717) is 5.69 Å². The summed E-state index contributed by atoms with van der Waals surface area (Å²) in [4.78, 5) is 18.9. The van der Waals surface area contributed by atoms with Crippen molar-refractivity contribution in [2.75, 3.05) is 23.3 Å². The zero-order valence-electron chi connectivity index (χ0n) is 15.2. The number of carbonyl (C=O) groups is 1. The number of hydrogen-bond donors (Lipinski definition) is 1. The summed E-state index contributed by atoms with van der Waals surface area (Å²) in [6.07, 6.45) is 0.412. The molecule has 0 spiro atoms. The molecule has 1 saturated heterocycles. The van der Waals surface area contributed by atoms with Crippen LogP contribution >= 0.6 is 0 Å². The number of hydrogen-bond acceptors (Lipinski definition) is 5. The molecule has 150 valence electrons. The maximum atomic E-state index is 13.2. The van der Waals surface area contributed by atoms with Crippen molar-refractivity contribution in [1.29, 1.82) is 0 Å². The number of pyridine rings is 1. The second kappa shape index (κ2) is 7.53. The molecule has 2 aromatic heterocycles. The zero-order chi connectivity index (χ0) is 20.4. The van der Waals surface area contributed by atoms with Crippen LogP contribution < -0.4 is 10.2 Å². The lowest BCUT2D eigenvalue weighted by Crippen LogP contribution is -2.19. The van der Waals surface area contributed by atoms with Gasteiger partial charge in [0.05, 0.1) is 29.3 Å². The van der Waals surface area contributed by atoms with Gasteiger partial charge >= 0.3 is 6.18 Å². The minimum Gasteiger partial charge on any atom is -0.357 e. The molecule has 1 fully saturated rings. The van der Waals surface area contributed by atoms with Crippen molar-refractivity contribution in [2.24, 2.45) is 0 Å². The van der Waals surface area contributed by atoms with Crippen LogP contribution in [-0.4, -0.2) is 39.0 Å². The molecular formula is C19H17F3N6O. The molecule has 3 aromatic rings. The SMILES string of the molecule is O=C(Nc1ccc(N2CCCC2)nc1)c1cn(-c2ccccc2C(F)(F)F)nn1. The minimum absolute atomic E-state index is 0.106. The lowest BCUT2D eigenvalue weighted by atomic mass is 10.1. The summed E-state index contributed by atoms with van der Waals surface area (Å²) in [6.45, 7) is 1.92. The molecule has 29 heavy (non-hydrogen) atoms. The Balaban J connectivity index is 1.49. The first-order chi connectivity index (χ1) is 13.9. The van der Waals surface area contributed by atoms with Crippen LogP contribution in [0.5, 0.6) is 0 Å². The lowest BCUT2D eigenvalue weighted by Gasteiger charge is -2.16. The highest BCUT2D eigenvalue weighted by Crippen LogP contribution is 2.33. The minimum atomic E-state index is -4.55. The van der Waals surface area contributed by atoms with Gasteiger partial charge in [0.15, 0.2) is 5.69 Å². The number of nitrogens with one attached hydrogen (secondary N) is 1. The fraction of sp³-hybridized carbons (Fsp3) is 0.263. The van der Waals surface area contributed by atoms with E-state index in [1.54, 1.807) is 6.07 Å². The summed E-state index contributed by atoms with van der Waals surface area (Å²) >= 11 is 0. The number of nitrogens with zero attached hydrogens (tertiary/aromatic N) is 5. The largest absolute Gasteiger partial charge is 0.418 e. The Morgan fingerprint density at radius 2 is 1.83 bits per heavy atom. The third kappa shape index (κ3) is 4.05. The first-order valence-electron chi connectivity index (χ1n) is 9.03. The molecule has 0 radical (unpaired) electrons. The summed E-state index contributed by atoms with van der Waals surface area (Å²) in [5, 5.41) is 10.00. The molecule has 10 heteroatoms. The van der Waals surface area contributed by atoms with Crippen molar-refractivity contribution >= 4 is 17.4 Å². The van der Waals surface area contributed by atoms with E-state index in [4.69, 9.17) is 0 Å². The molecule has 0 unspecified atom stereocenters. The van der Waals surface area contributed by atoms with Crippen molar-refractivity contribution in [1.82, 2.24) is 20.0 Å². The van der Waals surface area contributed by atoms with Gasteiger partial charge < -0.3 is 10.2 Å². The lowest BCUT2D eigenvalue weighted by molar-refractivity contribution is -0.137. The number of anilines is 2. The molecule has 1 aromatic carbocycles. The van der Waals surface area contributed by atoms with E-state index >= 15 is 0 Å². The molecule has 0 saturated carbocycles. The van der Waals surface area contributed by atoms with Crippen LogP contribution in [0.3, 0.4) is 0 Å². The van der Waals surface area contributed by atoms with Gasteiger partial charge in [-0.15, -0.1) is 5.10 Å². The summed E-state index contributed by atoms with van der Waals surface area (Å²) < 4.78 is 40.5. The highest BCUT2D eigenvalue weighted by Gasteiger charge is 2.34. The van der Waals surface area contributed by atoms with Crippen molar-refractivity contribution in [3.8, 4) is 5.69 Å². The Bertz CT molecular complexity index is 1010. The monoisotopic (exact) mass is 402 g/mol. The normalized spacial score (nSPS) is 14.2. The van der Waals surface area contributed by atoms with Gasteiger partial charge in [0.25, 0.3) is 5.91 Å². The van der Waals surface area contributed by atoms with Gasteiger partial charge in [-0.25, -0.2) is 9.67 Å². The molecule has 0 aliphatic carbocycles. The number of amides is 1. The fourth-order valence-electron chi connectivity index (χ4n) is 3.19. The number of alkyl halides is 3. The molecule has 3 heterocycles. The van der Waals surface area contributed by atoms with Crippen LogP contribution in [0.1, 0.15) is 28.9 Å². The molecule has 1 N–H and O–H groups in total. The highest BCUT2D eigenvalue weighted by atomic mass is 19.4. The van der Waals surface area contributed by atoms with Crippen LogP contribution in [0.2, 0.25) is 0 Å². The average Bonchev–Trinajstić information content (AvgIpc) is 3.40. The van der Waals surface area contributed by atoms with Crippen LogP contribution in [0.4, 0.5) is 24.7 Å². The van der Waals surface area contributed by atoms with E-state index in [0.717, 1.165) is 48.7 Å². The van der Waals surface area contributed by atoms with E-state index in [1.807, 2.05) is 6.07 Å². The first-order valence-corrected chi connectivity index (χ1v) is 9.03. The topological polar surface area (TPSA) is 75.9 Å². The number of aromatic nitrogens is 4. The van der Waals surface area contributed by atoms with Crippen molar-refractivity contribution in [3.05, 3.63) is 60.0 Å². The maximum absolute atomic E-state index is 13.2. The van der Waals surface area contributed by atoms with Gasteiger partial charge in [0, 0.05) is 13.1 Å². The summed E-state index contributed by atoms with van der Waals surface area (Å²) in [5.74, 6) is 0.256. The van der Waals surface area contributed by atoms with E-state index < -0.39 is 17.6 Å². The standard InChI is InChI=1S/C19H17F3N6O/c20-19(21,22)14-5-1-2-6-16(14)28-12-15(25-26-28)18(29)24-13-7-8-17(23-11-13)27-9-3-4-10-27/h1-2,5-8,11-12H,3-4,9-10H2,(H,24,29). The molecule has 4 rings (SSSR count). The second-order valence-corrected chi connectivity index (χ2v) is 6.62.